The highest BCUT2D eigenvalue weighted by atomic mass is 32.2. The number of carbonyl (C=O) groups is 1. The molecule has 0 radical (unpaired) electrons. The molecule has 0 fully saturated rings. The predicted molar refractivity (Wildman–Crippen MR) is 110 cm³/mol. The van der Waals surface area contributed by atoms with Crippen LogP contribution in [0.5, 0.6) is 0 Å². The molecule has 1 heterocycles. The van der Waals surface area contributed by atoms with Gasteiger partial charge in [0, 0.05) is 24.1 Å². The summed E-state index contributed by atoms with van der Waals surface area (Å²) >= 11 is 1.23. The van der Waals surface area contributed by atoms with Gasteiger partial charge < -0.3 is 15.0 Å². The average Bonchev–Trinajstić information content (AvgIpc) is 3.13. The van der Waals surface area contributed by atoms with Gasteiger partial charge in [0.25, 0.3) is 5.56 Å². The number of fused-ring (bicyclic) bond motifs is 1. The molecule has 0 bridgehead atoms. The van der Waals surface area contributed by atoms with Crippen LogP contribution in [0.4, 0.5) is 10.5 Å². The summed E-state index contributed by atoms with van der Waals surface area (Å²) in [7, 11) is 0. The molecule has 0 saturated carbocycles. The predicted octanol–water partition coefficient (Wildman–Crippen LogP) is 3.12. The number of pyridine rings is 1. The summed E-state index contributed by atoms with van der Waals surface area (Å²) in [6.07, 6.45) is 7.92. The molecule has 1 unspecified atom stereocenters. The van der Waals surface area contributed by atoms with Gasteiger partial charge in [0.2, 0.25) is 0 Å². The van der Waals surface area contributed by atoms with E-state index < -0.39 is 6.04 Å². The van der Waals surface area contributed by atoms with E-state index in [-0.39, 0.29) is 18.2 Å². The van der Waals surface area contributed by atoms with Crippen LogP contribution in [0.1, 0.15) is 23.6 Å². The lowest BCUT2D eigenvalue weighted by atomic mass is 9.98. The van der Waals surface area contributed by atoms with Gasteiger partial charge in [0.1, 0.15) is 0 Å². The molecule has 2 aromatic rings. The SMILES string of the molecule is C=CC(CO)n1ccc(-c2ccc3c(c2NC(=O)NSC)CCC3)cc1=O. The average molecular weight is 385 g/mol. The maximum absolute atomic E-state index is 12.5. The Morgan fingerprint density at radius 2 is 2.22 bits per heavy atom. The minimum absolute atomic E-state index is 0.191. The lowest BCUT2D eigenvalue weighted by molar-refractivity contribution is 0.251. The van der Waals surface area contributed by atoms with Crippen molar-refractivity contribution >= 4 is 23.7 Å². The van der Waals surface area contributed by atoms with E-state index in [2.05, 4.69) is 22.7 Å². The van der Waals surface area contributed by atoms with Gasteiger partial charge in [0.05, 0.1) is 18.3 Å². The molecule has 3 rings (SSSR count). The Hall–Kier alpha value is -2.51. The largest absolute Gasteiger partial charge is 0.394 e. The molecule has 0 aliphatic heterocycles. The van der Waals surface area contributed by atoms with Crippen LogP contribution in [0.25, 0.3) is 11.1 Å². The van der Waals surface area contributed by atoms with E-state index >= 15 is 0 Å². The van der Waals surface area contributed by atoms with Gasteiger partial charge in [-0.15, -0.1) is 6.58 Å². The maximum Gasteiger partial charge on any atom is 0.329 e. The van der Waals surface area contributed by atoms with Crippen molar-refractivity contribution < 1.29 is 9.90 Å². The quantitative estimate of drug-likeness (QED) is 0.527. The Balaban J connectivity index is 2.06. The molecule has 1 aliphatic rings. The van der Waals surface area contributed by atoms with Crippen molar-refractivity contribution in [2.75, 3.05) is 18.2 Å². The third-order valence-corrected chi connectivity index (χ3v) is 5.18. The molecule has 1 aliphatic carbocycles. The number of anilines is 1. The van der Waals surface area contributed by atoms with Crippen molar-refractivity contribution in [3.8, 4) is 11.1 Å². The zero-order valence-corrected chi connectivity index (χ0v) is 16.0. The molecule has 6 nitrogen and oxygen atoms in total. The van der Waals surface area contributed by atoms with Crippen molar-refractivity contribution in [2.45, 2.75) is 25.3 Å². The molecule has 1 aromatic carbocycles. The molecule has 0 spiro atoms. The normalized spacial score (nSPS) is 13.7. The highest BCUT2D eigenvalue weighted by Gasteiger charge is 2.21. The fraction of sp³-hybridized carbons (Fsp3) is 0.300. The van der Waals surface area contributed by atoms with Crippen molar-refractivity contribution in [3.63, 3.8) is 0 Å². The van der Waals surface area contributed by atoms with Gasteiger partial charge >= 0.3 is 6.03 Å². The second-order valence-electron chi connectivity index (χ2n) is 6.39. The number of hydrogen-bond acceptors (Lipinski definition) is 4. The van der Waals surface area contributed by atoms with E-state index in [1.54, 1.807) is 12.5 Å². The Morgan fingerprint density at radius 1 is 1.41 bits per heavy atom. The summed E-state index contributed by atoms with van der Waals surface area (Å²) < 4.78 is 4.12. The van der Waals surface area contributed by atoms with Crippen LogP contribution in [0.15, 0.2) is 47.9 Å². The highest BCUT2D eigenvalue weighted by Crippen LogP contribution is 2.37. The first kappa shape index (κ1) is 19.3. The van der Waals surface area contributed by atoms with E-state index in [1.165, 1.54) is 34.2 Å². The number of aryl methyl sites for hydroxylation is 1. The first-order valence-corrected chi connectivity index (χ1v) is 10.0. The molecule has 0 saturated heterocycles. The second kappa shape index (κ2) is 8.45. The summed E-state index contributed by atoms with van der Waals surface area (Å²) in [4.78, 5) is 24.7. The van der Waals surface area contributed by atoms with Gasteiger partial charge in [-0.1, -0.05) is 30.2 Å². The minimum atomic E-state index is -0.462. The summed E-state index contributed by atoms with van der Waals surface area (Å²) in [5.41, 5.74) is 4.44. The summed E-state index contributed by atoms with van der Waals surface area (Å²) in [6, 6.07) is 6.62. The summed E-state index contributed by atoms with van der Waals surface area (Å²) in [5, 5.41) is 12.4. The molecule has 1 atom stereocenters. The first-order chi connectivity index (χ1) is 13.1. The zero-order chi connectivity index (χ0) is 19.4. The number of benzene rings is 1. The van der Waals surface area contributed by atoms with Gasteiger partial charge in [-0.3, -0.25) is 9.52 Å². The Labute approximate surface area is 162 Å². The molecule has 142 valence electrons. The van der Waals surface area contributed by atoms with E-state index in [9.17, 15) is 14.7 Å². The monoisotopic (exact) mass is 385 g/mol. The van der Waals surface area contributed by atoms with Crippen LogP contribution in [-0.2, 0) is 12.8 Å². The first-order valence-electron chi connectivity index (χ1n) is 8.79. The zero-order valence-electron chi connectivity index (χ0n) is 15.2. The number of aromatic nitrogens is 1. The Morgan fingerprint density at radius 3 is 2.89 bits per heavy atom. The van der Waals surface area contributed by atoms with Gasteiger partial charge in [-0.25, -0.2) is 4.79 Å². The number of nitrogens with one attached hydrogen (secondary N) is 2. The standard InChI is InChI=1S/C20H23N3O3S/c1-3-15(12-24)23-10-9-14(11-18(23)25)17-8-7-13-5-4-6-16(13)19(17)21-20(26)22-27-2/h3,7-11,15,24H,1,4-6,12H2,2H3,(H2,21,22,26). The fourth-order valence-electron chi connectivity index (χ4n) is 3.49. The van der Waals surface area contributed by atoms with E-state index in [1.807, 2.05) is 12.1 Å². The number of nitrogens with zero attached hydrogens (tertiary/aromatic N) is 1. The van der Waals surface area contributed by atoms with Crippen molar-refractivity contribution in [2.24, 2.45) is 0 Å². The Bertz CT molecular complexity index is 923. The fourth-order valence-corrected chi connectivity index (χ4v) is 3.73. The van der Waals surface area contributed by atoms with Crippen LogP contribution >= 0.6 is 11.9 Å². The number of hydrogen-bond donors (Lipinski definition) is 3. The van der Waals surface area contributed by atoms with Crippen LogP contribution in [0.2, 0.25) is 0 Å². The number of rotatable bonds is 6. The highest BCUT2D eigenvalue weighted by molar-refractivity contribution is 7.97. The Kier molecular flexibility index (Phi) is 6.03. The number of urea groups is 1. The number of aliphatic hydroxyl groups excluding tert-OH is 1. The van der Waals surface area contributed by atoms with Crippen LogP contribution in [0.3, 0.4) is 0 Å². The number of carbonyl (C=O) groups excluding carboxylic acids is 1. The lowest BCUT2D eigenvalue weighted by Gasteiger charge is -2.18. The lowest BCUT2D eigenvalue weighted by Crippen LogP contribution is -2.25. The molecule has 27 heavy (non-hydrogen) atoms. The maximum atomic E-state index is 12.5. The van der Waals surface area contributed by atoms with Gasteiger partial charge in [0.15, 0.2) is 0 Å². The number of amides is 2. The molecule has 1 aromatic heterocycles. The number of aliphatic hydroxyl groups is 1. The van der Waals surface area contributed by atoms with Crippen molar-refractivity contribution in [1.29, 1.82) is 0 Å². The van der Waals surface area contributed by atoms with Crippen LogP contribution in [-0.4, -0.2) is 28.6 Å². The van der Waals surface area contributed by atoms with Gasteiger partial charge in [-0.2, -0.15) is 0 Å². The topological polar surface area (TPSA) is 83.4 Å². The van der Waals surface area contributed by atoms with E-state index in [0.717, 1.165) is 41.6 Å². The van der Waals surface area contributed by atoms with Gasteiger partial charge in [-0.05, 0) is 42.0 Å². The summed E-state index contributed by atoms with van der Waals surface area (Å²) in [5.74, 6) is 0. The molecule has 2 amide bonds. The molecule has 7 heteroatoms. The third-order valence-electron chi connectivity index (χ3n) is 4.79. The van der Waals surface area contributed by atoms with Crippen LogP contribution in [0, 0.1) is 0 Å². The van der Waals surface area contributed by atoms with Crippen molar-refractivity contribution in [1.82, 2.24) is 9.29 Å². The summed E-state index contributed by atoms with van der Waals surface area (Å²) in [6.45, 7) is 3.47. The van der Waals surface area contributed by atoms with E-state index in [4.69, 9.17) is 0 Å². The van der Waals surface area contributed by atoms with Crippen LogP contribution < -0.4 is 15.6 Å². The second-order valence-corrected chi connectivity index (χ2v) is 7.00. The third kappa shape index (κ3) is 3.94. The molecule has 3 N–H and O–H groups in total. The van der Waals surface area contributed by atoms with Crippen molar-refractivity contribution in [3.05, 3.63) is 64.6 Å². The van der Waals surface area contributed by atoms with E-state index in [0.29, 0.717) is 0 Å². The smallest absolute Gasteiger partial charge is 0.329 e. The molecular formula is C20H23N3O3S. The molecular weight excluding hydrogens is 362 g/mol. The minimum Gasteiger partial charge on any atom is -0.394 e.